The van der Waals surface area contributed by atoms with Crippen molar-refractivity contribution in [3.63, 3.8) is 0 Å². The highest BCUT2D eigenvalue weighted by molar-refractivity contribution is 7.92. The van der Waals surface area contributed by atoms with Crippen LogP contribution >= 0.6 is 0 Å². The fourth-order valence-corrected chi connectivity index (χ4v) is 5.29. The van der Waals surface area contributed by atoms with Crippen molar-refractivity contribution in [3.8, 4) is 0 Å². The highest BCUT2D eigenvalue weighted by atomic mass is 32.2. The Kier molecular flexibility index (Phi) is 8.25. The van der Waals surface area contributed by atoms with Crippen molar-refractivity contribution in [3.05, 3.63) is 28.8 Å². The third-order valence-corrected chi connectivity index (χ3v) is 7.22. The Morgan fingerprint density at radius 2 is 1.66 bits per heavy atom. The number of hydrogen-bond acceptors (Lipinski definition) is 4. The molecule has 2 N–H and O–H groups in total. The summed E-state index contributed by atoms with van der Waals surface area (Å²) in [6.45, 7) is 7.97. The number of aryl methyl sites for hydroxylation is 3. The lowest BCUT2D eigenvalue weighted by atomic mass is 9.86. The van der Waals surface area contributed by atoms with Crippen molar-refractivity contribution in [2.24, 2.45) is 5.92 Å². The smallest absolute Gasteiger partial charge is 0.235 e. The molecule has 0 saturated heterocycles. The van der Waals surface area contributed by atoms with E-state index in [2.05, 4.69) is 17.6 Å². The number of nitrogens with one attached hydrogen (secondary N) is 2. The molecule has 0 radical (unpaired) electrons. The molecule has 0 bridgehead atoms. The van der Waals surface area contributed by atoms with Crippen LogP contribution in [0.2, 0.25) is 0 Å². The number of anilines is 1. The zero-order valence-electron chi connectivity index (χ0n) is 18.0. The molecule has 0 aromatic heterocycles. The number of benzene rings is 1. The average Bonchev–Trinajstić information content (AvgIpc) is 2.59. The minimum atomic E-state index is -3.53. The van der Waals surface area contributed by atoms with E-state index < -0.39 is 21.5 Å². The van der Waals surface area contributed by atoms with Gasteiger partial charge in [-0.05, 0) is 57.1 Å². The van der Waals surface area contributed by atoms with Gasteiger partial charge in [0.2, 0.25) is 11.8 Å². The molecule has 2 rings (SSSR count). The topological polar surface area (TPSA) is 92.3 Å². The molecule has 1 aromatic rings. The molecule has 1 aliphatic rings. The lowest BCUT2D eigenvalue weighted by Crippen LogP contribution is -2.43. The van der Waals surface area contributed by atoms with Gasteiger partial charge in [-0.25, -0.2) is 8.42 Å². The van der Waals surface area contributed by atoms with Crippen LogP contribution in [0.4, 0.5) is 5.69 Å². The quantitative estimate of drug-likeness (QED) is 0.671. The SMILES string of the molecule is Cc1cc(C)c(NC(=O)CCCS(=O)(=O)CC(=O)NC2CCCCC2C)c(C)c1. The van der Waals surface area contributed by atoms with Gasteiger partial charge in [0.25, 0.3) is 0 Å². The fraction of sp³-hybridized carbons (Fsp3) is 0.636. The van der Waals surface area contributed by atoms with Gasteiger partial charge < -0.3 is 10.6 Å². The molecular formula is C22H34N2O4S. The number of carbonyl (C=O) groups is 2. The first kappa shape index (κ1) is 23.4. The molecule has 1 aromatic carbocycles. The van der Waals surface area contributed by atoms with Gasteiger partial charge in [-0.15, -0.1) is 0 Å². The molecule has 0 spiro atoms. The van der Waals surface area contributed by atoms with Crippen molar-refractivity contribution in [2.45, 2.75) is 72.3 Å². The first-order valence-corrected chi connectivity index (χ1v) is 12.3. The maximum atomic E-state index is 12.3. The van der Waals surface area contributed by atoms with Crippen LogP contribution in [-0.4, -0.2) is 37.8 Å². The Morgan fingerprint density at radius 3 is 2.28 bits per heavy atom. The van der Waals surface area contributed by atoms with Gasteiger partial charge in [0.1, 0.15) is 5.75 Å². The Balaban J connectivity index is 1.78. The summed E-state index contributed by atoms with van der Waals surface area (Å²) in [5, 5.41) is 5.75. The monoisotopic (exact) mass is 422 g/mol. The third-order valence-electron chi connectivity index (χ3n) is 5.61. The van der Waals surface area contributed by atoms with Gasteiger partial charge >= 0.3 is 0 Å². The molecule has 1 fully saturated rings. The summed E-state index contributed by atoms with van der Waals surface area (Å²) in [5.41, 5.74) is 3.88. The summed E-state index contributed by atoms with van der Waals surface area (Å²) in [6, 6.07) is 4.07. The van der Waals surface area contributed by atoms with Crippen LogP contribution in [-0.2, 0) is 19.4 Å². The second-order valence-electron chi connectivity index (χ2n) is 8.45. The molecule has 2 amide bonds. The molecule has 6 nitrogen and oxygen atoms in total. The fourth-order valence-electron chi connectivity index (χ4n) is 4.08. The molecule has 1 saturated carbocycles. The van der Waals surface area contributed by atoms with Crippen LogP contribution in [0.5, 0.6) is 0 Å². The minimum Gasteiger partial charge on any atom is -0.352 e. The zero-order chi connectivity index (χ0) is 21.6. The maximum Gasteiger partial charge on any atom is 0.235 e. The molecular weight excluding hydrogens is 388 g/mol. The second-order valence-corrected chi connectivity index (χ2v) is 10.6. The Morgan fingerprint density at radius 1 is 1.03 bits per heavy atom. The van der Waals surface area contributed by atoms with Crippen molar-refractivity contribution in [1.29, 1.82) is 0 Å². The third kappa shape index (κ3) is 7.46. The van der Waals surface area contributed by atoms with E-state index in [4.69, 9.17) is 0 Å². The predicted molar refractivity (Wildman–Crippen MR) is 117 cm³/mol. The van der Waals surface area contributed by atoms with Crippen LogP contribution in [0.15, 0.2) is 12.1 Å². The molecule has 29 heavy (non-hydrogen) atoms. The average molecular weight is 423 g/mol. The van der Waals surface area contributed by atoms with Crippen molar-refractivity contribution in [2.75, 3.05) is 16.8 Å². The van der Waals surface area contributed by atoms with Gasteiger partial charge in [0.05, 0.1) is 5.75 Å². The number of hydrogen-bond donors (Lipinski definition) is 2. The van der Waals surface area contributed by atoms with Gasteiger partial charge in [-0.1, -0.05) is 37.5 Å². The predicted octanol–water partition coefficient (Wildman–Crippen LogP) is 3.44. The summed E-state index contributed by atoms with van der Waals surface area (Å²) in [6.07, 6.45) is 4.50. The Hall–Kier alpha value is -1.89. The van der Waals surface area contributed by atoms with E-state index in [0.717, 1.165) is 48.1 Å². The van der Waals surface area contributed by atoms with Gasteiger partial charge in [-0.2, -0.15) is 0 Å². The maximum absolute atomic E-state index is 12.3. The summed E-state index contributed by atoms with van der Waals surface area (Å²) in [4.78, 5) is 24.4. The summed E-state index contributed by atoms with van der Waals surface area (Å²) in [7, 11) is -3.53. The molecule has 2 unspecified atom stereocenters. The highest BCUT2D eigenvalue weighted by Crippen LogP contribution is 2.24. The van der Waals surface area contributed by atoms with Crippen LogP contribution in [0, 0.1) is 26.7 Å². The summed E-state index contributed by atoms with van der Waals surface area (Å²) >= 11 is 0. The van der Waals surface area contributed by atoms with E-state index in [0.29, 0.717) is 5.92 Å². The minimum absolute atomic E-state index is 0.0678. The largest absolute Gasteiger partial charge is 0.352 e. The van der Waals surface area contributed by atoms with Crippen LogP contribution < -0.4 is 10.6 Å². The normalized spacial score (nSPS) is 19.6. The van der Waals surface area contributed by atoms with Crippen molar-refractivity contribution < 1.29 is 18.0 Å². The number of rotatable bonds is 8. The van der Waals surface area contributed by atoms with Crippen LogP contribution in [0.25, 0.3) is 0 Å². The summed E-state index contributed by atoms with van der Waals surface area (Å²) in [5.74, 6) is -0.934. The molecule has 162 valence electrons. The lowest BCUT2D eigenvalue weighted by molar-refractivity contribution is -0.120. The Bertz CT molecular complexity index is 825. The van der Waals surface area contributed by atoms with E-state index in [1.54, 1.807) is 0 Å². The zero-order valence-corrected chi connectivity index (χ0v) is 18.8. The Labute approximate surface area is 174 Å². The summed E-state index contributed by atoms with van der Waals surface area (Å²) < 4.78 is 24.5. The molecule has 0 aliphatic heterocycles. The van der Waals surface area contributed by atoms with E-state index >= 15 is 0 Å². The van der Waals surface area contributed by atoms with Crippen molar-refractivity contribution in [1.82, 2.24) is 5.32 Å². The highest BCUT2D eigenvalue weighted by Gasteiger charge is 2.25. The van der Waals surface area contributed by atoms with Gasteiger partial charge in [-0.3, -0.25) is 9.59 Å². The van der Waals surface area contributed by atoms with Gasteiger partial charge in [0, 0.05) is 18.2 Å². The standard InChI is InChI=1S/C22H34N2O4S/c1-15-12-17(3)22(18(4)13-15)24-20(25)10-7-11-29(27,28)14-21(26)23-19-9-6-5-8-16(19)2/h12-13,16,19H,5-11,14H2,1-4H3,(H,23,26)(H,24,25). The molecule has 1 aliphatic carbocycles. The number of amides is 2. The number of carbonyl (C=O) groups excluding carboxylic acids is 2. The van der Waals surface area contributed by atoms with Crippen LogP contribution in [0.1, 0.15) is 62.1 Å². The first-order valence-electron chi connectivity index (χ1n) is 10.4. The van der Waals surface area contributed by atoms with Gasteiger partial charge in [0.15, 0.2) is 9.84 Å². The number of sulfone groups is 1. The lowest BCUT2D eigenvalue weighted by Gasteiger charge is -2.29. The van der Waals surface area contributed by atoms with Crippen LogP contribution in [0.3, 0.4) is 0 Å². The van der Waals surface area contributed by atoms with E-state index in [-0.39, 0.29) is 30.5 Å². The molecule has 2 atom stereocenters. The van der Waals surface area contributed by atoms with E-state index in [1.807, 2.05) is 32.9 Å². The first-order chi connectivity index (χ1) is 13.6. The molecule has 0 heterocycles. The van der Waals surface area contributed by atoms with E-state index in [1.165, 1.54) is 0 Å². The van der Waals surface area contributed by atoms with E-state index in [9.17, 15) is 18.0 Å². The van der Waals surface area contributed by atoms with Crippen molar-refractivity contribution >= 4 is 27.3 Å². The second kappa shape index (κ2) is 10.2. The molecule has 7 heteroatoms.